The van der Waals surface area contributed by atoms with E-state index >= 15 is 0 Å². The first-order valence-electron chi connectivity index (χ1n) is 8.53. The summed E-state index contributed by atoms with van der Waals surface area (Å²) in [6, 6.07) is 7.30. The van der Waals surface area contributed by atoms with Crippen LogP contribution in [-0.4, -0.2) is 24.5 Å². The maximum absolute atomic E-state index is 11.9. The van der Waals surface area contributed by atoms with E-state index in [0.29, 0.717) is 5.02 Å². The highest BCUT2D eigenvalue weighted by Crippen LogP contribution is 2.17. The molecule has 1 saturated carbocycles. The van der Waals surface area contributed by atoms with Crippen molar-refractivity contribution in [2.24, 2.45) is 0 Å². The highest BCUT2D eigenvalue weighted by atomic mass is 35.5. The summed E-state index contributed by atoms with van der Waals surface area (Å²) in [6.45, 7) is -0.236. The van der Waals surface area contributed by atoms with Crippen LogP contribution in [0.2, 0.25) is 5.02 Å². The molecule has 1 amide bonds. The number of carbonyl (C=O) groups is 2. The molecule has 1 aliphatic carbocycles. The summed E-state index contributed by atoms with van der Waals surface area (Å²) in [6.07, 6.45) is 11.0. The molecule has 130 valence electrons. The predicted molar refractivity (Wildman–Crippen MR) is 95.7 cm³/mol. The topological polar surface area (TPSA) is 55.4 Å². The number of benzene rings is 1. The minimum atomic E-state index is -0.530. The molecule has 0 aliphatic heterocycles. The number of nitrogens with one attached hydrogen (secondary N) is 1. The fourth-order valence-electron chi connectivity index (χ4n) is 2.79. The molecule has 0 unspecified atom stereocenters. The van der Waals surface area contributed by atoms with Gasteiger partial charge < -0.3 is 10.1 Å². The minimum Gasteiger partial charge on any atom is -0.452 e. The molecule has 0 heterocycles. The second-order valence-electron chi connectivity index (χ2n) is 6.10. The first kappa shape index (κ1) is 18.5. The number of esters is 1. The Balaban J connectivity index is 1.70. The van der Waals surface area contributed by atoms with Crippen molar-refractivity contribution in [2.45, 2.75) is 51.0 Å². The first-order valence-corrected chi connectivity index (χ1v) is 8.91. The van der Waals surface area contributed by atoms with E-state index in [2.05, 4.69) is 5.32 Å². The summed E-state index contributed by atoms with van der Waals surface area (Å²) in [4.78, 5) is 23.6. The highest BCUT2D eigenvalue weighted by molar-refractivity contribution is 6.30. The monoisotopic (exact) mass is 349 g/mol. The number of hydrogen-bond donors (Lipinski definition) is 1. The number of amides is 1. The average Bonchev–Trinajstić information content (AvgIpc) is 2.55. The van der Waals surface area contributed by atoms with Crippen LogP contribution in [0.4, 0.5) is 0 Å². The average molecular weight is 350 g/mol. The van der Waals surface area contributed by atoms with Crippen LogP contribution < -0.4 is 5.32 Å². The molecule has 0 radical (unpaired) electrons. The van der Waals surface area contributed by atoms with Crippen LogP contribution in [0, 0.1) is 0 Å². The highest BCUT2D eigenvalue weighted by Gasteiger charge is 2.14. The molecule has 24 heavy (non-hydrogen) atoms. The lowest BCUT2D eigenvalue weighted by Crippen LogP contribution is -2.37. The Kier molecular flexibility index (Phi) is 7.83. The van der Waals surface area contributed by atoms with Crippen molar-refractivity contribution in [1.82, 2.24) is 5.32 Å². The molecule has 1 aromatic carbocycles. The summed E-state index contributed by atoms with van der Waals surface area (Å²) in [5.41, 5.74) is 0.843. The maximum atomic E-state index is 11.9. The number of rotatable bonds is 5. The Labute approximate surface area is 148 Å². The third-order valence-corrected chi connectivity index (χ3v) is 4.35. The van der Waals surface area contributed by atoms with Crippen molar-refractivity contribution in [2.75, 3.05) is 6.61 Å². The number of halogens is 1. The molecule has 1 N–H and O–H groups in total. The summed E-state index contributed by atoms with van der Waals surface area (Å²) < 4.78 is 4.98. The number of ether oxygens (including phenoxy) is 1. The van der Waals surface area contributed by atoms with Crippen molar-refractivity contribution in [3.05, 3.63) is 40.9 Å². The van der Waals surface area contributed by atoms with Crippen LogP contribution in [0.25, 0.3) is 6.08 Å². The van der Waals surface area contributed by atoms with E-state index < -0.39 is 5.97 Å². The molecule has 0 saturated heterocycles. The lowest BCUT2D eigenvalue weighted by atomic mass is 9.97. The van der Waals surface area contributed by atoms with Crippen molar-refractivity contribution in [1.29, 1.82) is 0 Å². The largest absolute Gasteiger partial charge is 0.452 e. The fourth-order valence-corrected chi connectivity index (χ4v) is 2.92. The smallest absolute Gasteiger partial charge is 0.331 e. The molecular formula is C19H24ClNO3. The van der Waals surface area contributed by atoms with E-state index in [9.17, 15) is 9.59 Å². The van der Waals surface area contributed by atoms with Gasteiger partial charge in [0.1, 0.15) is 0 Å². The molecule has 0 bridgehead atoms. The van der Waals surface area contributed by atoms with Gasteiger partial charge in [-0.05, 0) is 36.6 Å². The molecule has 0 aromatic heterocycles. The molecule has 4 nitrogen and oxygen atoms in total. The Morgan fingerprint density at radius 3 is 2.38 bits per heavy atom. The molecule has 0 atom stereocenters. The van der Waals surface area contributed by atoms with Crippen LogP contribution in [0.1, 0.15) is 50.5 Å². The zero-order valence-corrected chi connectivity index (χ0v) is 14.6. The van der Waals surface area contributed by atoms with Gasteiger partial charge in [-0.3, -0.25) is 4.79 Å². The predicted octanol–water partition coefficient (Wildman–Crippen LogP) is 4.13. The molecule has 5 heteroatoms. The van der Waals surface area contributed by atoms with Gasteiger partial charge in [0.05, 0.1) is 0 Å². The molecule has 1 aromatic rings. The van der Waals surface area contributed by atoms with E-state index in [0.717, 1.165) is 31.2 Å². The molecule has 1 fully saturated rings. The van der Waals surface area contributed by atoms with Crippen molar-refractivity contribution < 1.29 is 14.3 Å². The quantitative estimate of drug-likeness (QED) is 0.642. The van der Waals surface area contributed by atoms with Gasteiger partial charge in [0.2, 0.25) is 0 Å². The van der Waals surface area contributed by atoms with Crippen LogP contribution >= 0.6 is 11.6 Å². The molecular weight excluding hydrogens is 326 g/mol. The van der Waals surface area contributed by atoms with Crippen LogP contribution in [0.3, 0.4) is 0 Å². The normalized spacial score (nSPS) is 16.4. The van der Waals surface area contributed by atoms with E-state index in [1.807, 2.05) is 0 Å². The van der Waals surface area contributed by atoms with Crippen molar-refractivity contribution in [3.8, 4) is 0 Å². The van der Waals surface area contributed by atoms with Gasteiger partial charge >= 0.3 is 5.97 Å². The van der Waals surface area contributed by atoms with Gasteiger partial charge in [-0.1, -0.05) is 55.8 Å². The fraction of sp³-hybridized carbons (Fsp3) is 0.474. The Morgan fingerprint density at radius 2 is 1.71 bits per heavy atom. The summed E-state index contributed by atoms with van der Waals surface area (Å²) in [7, 11) is 0. The second kappa shape index (κ2) is 10.1. The zero-order valence-electron chi connectivity index (χ0n) is 13.8. The standard InChI is InChI=1S/C19H24ClNO3/c20-16-11-8-15(9-12-16)10-13-19(23)24-14-18(22)21-17-6-4-2-1-3-5-7-17/h8-13,17H,1-7,14H2,(H,21,22)/b13-10+. The van der Waals surface area contributed by atoms with Gasteiger partial charge in [-0.25, -0.2) is 4.79 Å². The van der Waals surface area contributed by atoms with Crippen LogP contribution in [-0.2, 0) is 14.3 Å². The lowest BCUT2D eigenvalue weighted by molar-refractivity contribution is -0.144. The van der Waals surface area contributed by atoms with Crippen molar-refractivity contribution >= 4 is 29.6 Å². The molecule has 2 rings (SSSR count). The van der Waals surface area contributed by atoms with Gasteiger partial charge in [0.15, 0.2) is 6.61 Å². The summed E-state index contributed by atoms with van der Waals surface area (Å²) in [5, 5.41) is 3.61. The minimum absolute atomic E-state index is 0.209. The maximum Gasteiger partial charge on any atom is 0.331 e. The third-order valence-electron chi connectivity index (χ3n) is 4.10. The lowest BCUT2D eigenvalue weighted by Gasteiger charge is -2.20. The van der Waals surface area contributed by atoms with E-state index in [1.54, 1.807) is 30.3 Å². The Morgan fingerprint density at radius 1 is 1.08 bits per heavy atom. The Bertz CT molecular complexity index is 560. The van der Waals surface area contributed by atoms with E-state index in [4.69, 9.17) is 16.3 Å². The Hall–Kier alpha value is -1.81. The van der Waals surface area contributed by atoms with Crippen LogP contribution in [0.15, 0.2) is 30.3 Å². The van der Waals surface area contributed by atoms with Gasteiger partial charge in [-0.2, -0.15) is 0 Å². The second-order valence-corrected chi connectivity index (χ2v) is 6.54. The van der Waals surface area contributed by atoms with E-state index in [1.165, 1.54) is 25.3 Å². The third kappa shape index (κ3) is 7.18. The summed E-state index contributed by atoms with van der Waals surface area (Å²) >= 11 is 5.80. The van der Waals surface area contributed by atoms with Crippen molar-refractivity contribution in [3.63, 3.8) is 0 Å². The molecule has 1 aliphatic rings. The SMILES string of the molecule is O=C(COC(=O)/C=C/c1ccc(Cl)cc1)NC1CCCCCCC1. The first-order chi connectivity index (χ1) is 11.6. The number of carbonyl (C=O) groups excluding carboxylic acids is 2. The summed E-state index contributed by atoms with van der Waals surface area (Å²) in [5.74, 6) is -0.758. The molecule has 0 spiro atoms. The van der Waals surface area contributed by atoms with Crippen LogP contribution in [0.5, 0.6) is 0 Å². The van der Waals surface area contributed by atoms with Gasteiger partial charge in [0.25, 0.3) is 5.91 Å². The van der Waals surface area contributed by atoms with E-state index in [-0.39, 0.29) is 18.6 Å². The van der Waals surface area contributed by atoms with Gasteiger partial charge in [0, 0.05) is 17.1 Å². The number of hydrogen-bond acceptors (Lipinski definition) is 3. The zero-order chi connectivity index (χ0) is 17.2. The van der Waals surface area contributed by atoms with Gasteiger partial charge in [-0.15, -0.1) is 0 Å².